The minimum Gasteiger partial charge on any atom is -0.381 e. The van der Waals surface area contributed by atoms with Gasteiger partial charge < -0.3 is 19.9 Å². The number of ether oxygens (including phenoxy) is 1. The molecule has 1 N–H and O–H groups in total. The third-order valence-electron chi connectivity index (χ3n) is 4.71. The van der Waals surface area contributed by atoms with Crippen LogP contribution in [0.1, 0.15) is 19.8 Å². The largest absolute Gasteiger partial charge is 0.381 e. The van der Waals surface area contributed by atoms with Crippen LogP contribution in [0.25, 0.3) is 0 Å². The smallest absolute Gasteiger partial charge is 0.225 e. The summed E-state index contributed by atoms with van der Waals surface area (Å²) in [5.74, 6) is 0.365. The Balaban J connectivity index is 1.52. The van der Waals surface area contributed by atoms with Gasteiger partial charge in [0.1, 0.15) is 0 Å². The van der Waals surface area contributed by atoms with Crippen LogP contribution in [0.15, 0.2) is 24.3 Å². The number of hydrogen-bond donors (Lipinski definition) is 1. The van der Waals surface area contributed by atoms with E-state index in [1.807, 2.05) is 29.2 Å². The monoisotopic (exact) mass is 331 g/mol. The van der Waals surface area contributed by atoms with Gasteiger partial charge in [-0.05, 0) is 37.1 Å². The van der Waals surface area contributed by atoms with Crippen molar-refractivity contribution in [3.8, 4) is 0 Å². The Morgan fingerprint density at radius 3 is 2.25 bits per heavy atom. The predicted molar refractivity (Wildman–Crippen MR) is 93.1 cm³/mol. The zero-order chi connectivity index (χ0) is 16.9. The zero-order valence-electron chi connectivity index (χ0n) is 14.2. The fraction of sp³-hybridized carbons (Fsp3) is 0.556. The number of nitrogens with zero attached hydrogens (tertiary/aromatic N) is 2. The number of anilines is 2. The normalized spacial score (nSPS) is 19.2. The zero-order valence-corrected chi connectivity index (χ0v) is 14.2. The van der Waals surface area contributed by atoms with Crippen LogP contribution in [-0.4, -0.2) is 56.1 Å². The van der Waals surface area contributed by atoms with E-state index in [1.165, 1.54) is 6.92 Å². The van der Waals surface area contributed by atoms with Crippen LogP contribution in [0.2, 0.25) is 0 Å². The second-order valence-corrected chi connectivity index (χ2v) is 6.43. The molecule has 6 nitrogen and oxygen atoms in total. The summed E-state index contributed by atoms with van der Waals surface area (Å²) in [5.41, 5.74) is 1.93. The van der Waals surface area contributed by atoms with Gasteiger partial charge >= 0.3 is 0 Å². The Bertz CT molecular complexity index is 574. The molecule has 24 heavy (non-hydrogen) atoms. The first kappa shape index (κ1) is 16.8. The standard InChI is InChI=1S/C18H25N3O3/c1-14(22)19-16-2-4-17(5-3-16)20-8-10-21(11-9-20)18(23)15-6-12-24-13-7-15/h2-5,15H,6-13H2,1H3,(H,19,22). The van der Waals surface area contributed by atoms with Crippen molar-refractivity contribution in [2.75, 3.05) is 49.6 Å². The molecule has 2 heterocycles. The van der Waals surface area contributed by atoms with Crippen LogP contribution in [-0.2, 0) is 14.3 Å². The van der Waals surface area contributed by atoms with E-state index < -0.39 is 0 Å². The topological polar surface area (TPSA) is 61.9 Å². The number of hydrogen-bond acceptors (Lipinski definition) is 4. The van der Waals surface area contributed by atoms with Crippen LogP contribution in [0.5, 0.6) is 0 Å². The molecule has 2 fully saturated rings. The molecule has 3 rings (SSSR count). The van der Waals surface area contributed by atoms with Crippen LogP contribution in [0, 0.1) is 5.92 Å². The lowest BCUT2D eigenvalue weighted by atomic mass is 9.98. The minimum atomic E-state index is -0.0667. The molecule has 2 amide bonds. The van der Waals surface area contributed by atoms with E-state index in [0.717, 1.165) is 50.4 Å². The Morgan fingerprint density at radius 2 is 1.67 bits per heavy atom. The van der Waals surface area contributed by atoms with Gasteiger partial charge in [0, 0.05) is 63.6 Å². The molecular weight excluding hydrogens is 306 g/mol. The molecule has 0 aromatic heterocycles. The van der Waals surface area contributed by atoms with Crippen molar-refractivity contribution >= 4 is 23.2 Å². The van der Waals surface area contributed by atoms with Gasteiger partial charge in [-0.3, -0.25) is 9.59 Å². The van der Waals surface area contributed by atoms with E-state index in [-0.39, 0.29) is 11.8 Å². The van der Waals surface area contributed by atoms with Gasteiger partial charge in [-0.2, -0.15) is 0 Å². The number of amides is 2. The highest BCUT2D eigenvalue weighted by molar-refractivity contribution is 5.88. The lowest BCUT2D eigenvalue weighted by Gasteiger charge is -2.38. The molecule has 0 radical (unpaired) electrons. The molecule has 2 aliphatic heterocycles. The molecule has 1 aromatic carbocycles. The van der Waals surface area contributed by atoms with Gasteiger partial charge in [0.2, 0.25) is 11.8 Å². The molecule has 2 aliphatic rings. The summed E-state index contributed by atoms with van der Waals surface area (Å²) < 4.78 is 5.34. The highest BCUT2D eigenvalue weighted by Gasteiger charge is 2.28. The molecule has 1 aromatic rings. The summed E-state index contributed by atoms with van der Waals surface area (Å²) in [5, 5.41) is 2.77. The molecule has 0 saturated carbocycles. The first-order chi connectivity index (χ1) is 11.6. The average molecular weight is 331 g/mol. The van der Waals surface area contributed by atoms with Gasteiger partial charge in [-0.15, -0.1) is 0 Å². The predicted octanol–water partition coefficient (Wildman–Crippen LogP) is 1.72. The highest BCUT2D eigenvalue weighted by atomic mass is 16.5. The second kappa shape index (κ2) is 7.66. The van der Waals surface area contributed by atoms with Gasteiger partial charge in [-0.1, -0.05) is 0 Å². The molecule has 2 saturated heterocycles. The number of carbonyl (C=O) groups is 2. The fourth-order valence-electron chi connectivity index (χ4n) is 3.35. The first-order valence-electron chi connectivity index (χ1n) is 8.62. The Morgan fingerprint density at radius 1 is 1.04 bits per heavy atom. The van der Waals surface area contributed by atoms with E-state index >= 15 is 0 Å². The van der Waals surface area contributed by atoms with Crippen molar-refractivity contribution in [2.24, 2.45) is 5.92 Å². The average Bonchev–Trinajstić information content (AvgIpc) is 2.62. The first-order valence-corrected chi connectivity index (χ1v) is 8.62. The maximum absolute atomic E-state index is 12.6. The molecule has 0 atom stereocenters. The van der Waals surface area contributed by atoms with E-state index in [4.69, 9.17) is 4.74 Å². The molecule has 0 spiro atoms. The van der Waals surface area contributed by atoms with E-state index in [1.54, 1.807) is 0 Å². The Labute approximate surface area is 142 Å². The van der Waals surface area contributed by atoms with E-state index in [2.05, 4.69) is 10.2 Å². The second-order valence-electron chi connectivity index (χ2n) is 6.43. The molecule has 0 bridgehead atoms. The summed E-state index contributed by atoms with van der Waals surface area (Å²) in [6, 6.07) is 7.86. The quantitative estimate of drug-likeness (QED) is 0.916. The lowest BCUT2D eigenvalue weighted by Crippen LogP contribution is -2.51. The molecule has 130 valence electrons. The molecular formula is C18H25N3O3. The highest BCUT2D eigenvalue weighted by Crippen LogP contribution is 2.22. The third-order valence-corrected chi connectivity index (χ3v) is 4.71. The van der Waals surface area contributed by atoms with Crippen LogP contribution in [0.3, 0.4) is 0 Å². The van der Waals surface area contributed by atoms with Crippen molar-refractivity contribution in [1.29, 1.82) is 0 Å². The maximum atomic E-state index is 12.6. The summed E-state index contributed by atoms with van der Waals surface area (Å²) in [4.78, 5) is 27.9. The molecule has 6 heteroatoms. The lowest BCUT2D eigenvalue weighted by molar-refractivity contribution is -0.138. The van der Waals surface area contributed by atoms with Gasteiger partial charge in [0.25, 0.3) is 0 Å². The van der Waals surface area contributed by atoms with Crippen LogP contribution >= 0.6 is 0 Å². The number of benzene rings is 1. The van der Waals surface area contributed by atoms with Crippen molar-refractivity contribution in [1.82, 2.24) is 4.90 Å². The summed E-state index contributed by atoms with van der Waals surface area (Å²) in [6.07, 6.45) is 1.70. The van der Waals surface area contributed by atoms with Gasteiger partial charge in [0.05, 0.1) is 0 Å². The van der Waals surface area contributed by atoms with Crippen LogP contribution in [0.4, 0.5) is 11.4 Å². The minimum absolute atomic E-state index is 0.0667. The summed E-state index contributed by atoms with van der Waals surface area (Å²) in [6.45, 7) is 6.13. The van der Waals surface area contributed by atoms with Gasteiger partial charge in [0.15, 0.2) is 0 Å². The van der Waals surface area contributed by atoms with Crippen molar-refractivity contribution in [3.63, 3.8) is 0 Å². The van der Waals surface area contributed by atoms with Crippen LogP contribution < -0.4 is 10.2 Å². The number of rotatable bonds is 3. The Kier molecular flexibility index (Phi) is 5.35. The van der Waals surface area contributed by atoms with Crippen molar-refractivity contribution in [3.05, 3.63) is 24.3 Å². The van der Waals surface area contributed by atoms with Gasteiger partial charge in [-0.25, -0.2) is 0 Å². The number of nitrogens with one attached hydrogen (secondary N) is 1. The summed E-state index contributed by atoms with van der Waals surface area (Å²) >= 11 is 0. The fourth-order valence-corrected chi connectivity index (χ4v) is 3.35. The summed E-state index contributed by atoms with van der Waals surface area (Å²) in [7, 11) is 0. The van der Waals surface area contributed by atoms with E-state index in [9.17, 15) is 9.59 Å². The third kappa shape index (κ3) is 4.06. The van der Waals surface area contributed by atoms with E-state index in [0.29, 0.717) is 19.1 Å². The number of piperazine rings is 1. The SMILES string of the molecule is CC(=O)Nc1ccc(N2CCN(C(=O)C3CCOCC3)CC2)cc1. The van der Waals surface area contributed by atoms with Crippen molar-refractivity contribution in [2.45, 2.75) is 19.8 Å². The number of carbonyl (C=O) groups excluding carboxylic acids is 2. The van der Waals surface area contributed by atoms with Crippen molar-refractivity contribution < 1.29 is 14.3 Å². The Hall–Kier alpha value is -2.08. The molecule has 0 aliphatic carbocycles. The molecule has 0 unspecified atom stereocenters. The maximum Gasteiger partial charge on any atom is 0.225 e.